The molecule has 1 aliphatic heterocycles. The van der Waals surface area contributed by atoms with Crippen molar-refractivity contribution in [2.24, 2.45) is 0 Å². The van der Waals surface area contributed by atoms with Crippen LogP contribution in [0, 0.1) is 13.8 Å². The molecule has 2 aromatic rings. The van der Waals surface area contributed by atoms with Crippen molar-refractivity contribution in [1.29, 1.82) is 0 Å². The number of morpholine rings is 1. The molecule has 0 saturated carbocycles. The molecule has 0 spiro atoms. The van der Waals surface area contributed by atoms with E-state index in [1.807, 2.05) is 64.1 Å². The molecule has 0 N–H and O–H groups in total. The molecule has 4 nitrogen and oxygen atoms in total. The monoisotopic (exact) mass is 359 g/mol. The van der Waals surface area contributed by atoms with E-state index in [1.54, 1.807) is 16.4 Å². The van der Waals surface area contributed by atoms with E-state index in [0.29, 0.717) is 18.0 Å². The maximum absolute atomic E-state index is 13.3. The first kappa shape index (κ1) is 18.1. The van der Waals surface area contributed by atoms with Crippen molar-refractivity contribution >= 4 is 10.0 Å². The standard InChI is InChI=1S/C20H25NO3S/c1-15-9-11-17(12-10-15)18-13-21(20(3,4)14-24-18)25(22,23)19-8-6-5-7-16(19)2/h5-12,18H,13-14H2,1-4H3. The van der Waals surface area contributed by atoms with Crippen LogP contribution in [0.3, 0.4) is 0 Å². The number of hydrogen-bond acceptors (Lipinski definition) is 3. The van der Waals surface area contributed by atoms with E-state index >= 15 is 0 Å². The van der Waals surface area contributed by atoms with Crippen molar-refractivity contribution in [1.82, 2.24) is 4.31 Å². The largest absolute Gasteiger partial charge is 0.370 e. The maximum atomic E-state index is 13.3. The second kappa shape index (κ2) is 6.56. The molecule has 1 saturated heterocycles. The van der Waals surface area contributed by atoms with Crippen molar-refractivity contribution in [2.45, 2.75) is 44.2 Å². The lowest BCUT2D eigenvalue weighted by molar-refractivity contribution is -0.0655. The Bertz CT molecular complexity index is 857. The Morgan fingerprint density at radius 3 is 2.32 bits per heavy atom. The number of hydrogen-bond donors (Lipinski definition) is 0. The van der Waals surface area contributed by atoms with Crippen molar-refractivity contribution in [3.8, 4) is 0 Å². The highest BCUT2D eigenvalue weighted by Gasteiger charge is 2.43. The highest BCUT2D eigenvalue weighted by atomic mass is 32.2. The van der Waals surface area contributed by atoms with E-state index in [9.17, 15) is 8.42 Å². The molecule has 134 valence electrons. The Labute approximate surface area is 150 Å². The van der Waals surface area contributed by atoms with E-state index in [-0.39, 0.29) is 6.10 Å². The first-order chi connectivity index (χ1) is 11.7. The van der Waals surface area contributed by atoms with Crippen LogP contribution >= 0.6 is 0 Å². The second-order valence-corrected chi connectivity index (χ2v) is 9.16. The number of sulfonamides is 1. The maximum Gasteiger partial charge on any atom is 0.244 e. The van der Waals surface area contributed by atoms with Crippen LogP contribution in [-0.2, 0) is 14.8 Å². The van der Waals surface area contributed by atoms with Gasteiger partial charge in [-0.1, -0.05) is 48.0 Å². The average molecular weight is 359 g/mol. The Morgan fingerprint density at radius 2 is 1.68 bits per heavy atom. The van der Waals surface area contributed by atoms with Crippen molar-refractivity contribution in [2.75, 3.05) is 13.2 Å². The van der Waals surface area contributed by atoms with Gasteiger partial charge in [0.15, 0.2) is 0 Å². The first-order valence-electron chi connectivity index (χ1n) is 8.48. The third-order valence-corrected chi connectivity index (χ3v) is 6.99. The number of nitrogens with zero attached hydrogens (tertiary/aromatic N) is 1. The second-order valence-electron chi connectivity index (χ2n) is 7.32. The summed E-state index contributed by atoms with van der Waals surface area (Å²) in [6.45, 7) is 8.35. The normalized spacial score (nSPS) is 21.2. The Kier molecular flexibility index (Phi) is 4.75. The summed E-state index contributed by atoms with van der Waals surface area (Å²) in [6, 6.07) is 15.2. The van der Waals surface area contributed by atoms with E-state index in [1.165, 1.54) is 5.56 Å². The Balaban J connectivity index is 1.97. The van der Waals surface area contributed by atoms with Crippen LogP contribution in [-0.4, -0.2) is 31.4 Å². The van der Waals surface area contributed by atoms with Crippen LogP contribution in [0.5, 0.6) is 0 Å². The van der Waals surface area contributed by atoms with E-state index in [2.05, 4.69) is 0 Å². The highest BCUT2D eigenvalue weighted by Crippen LogP contribution is 2.35. The molecule has 0 aliphatic carbocycles. The molecule has 2 aromatic carbocycles. The van der Waals surface area contributed by atoms with Crippen LogP contribution in [0.2, 0.25) is 0 Å². The van der Waals surface area contributed by atoms with Gasteiger partial charge in [-0.25, -0.2) is 8.42 Å². The lowest BCUT2D eigenvalue weighted by Crippen LogP contribution is -2.56. The molecule has 1 atom stereocenters. The summed E-state index contributed by atoms with van der Waals surface area (Å²) in [5, 5.41) is 0. The minimum absolute atomic E-state index is 0.257. The van der Waals surface area contributed by atoms with Gasteiger partial charge in [0.2, 0.25) is 10.0 Å². The molecule has 3 rings (SSSR count). The molecule has 0 radical (unpaired) electrons. The number of ether oxygens (including phenoxy) is 1. The van der Waals surface area contributed by atoms with Gasteiger partial charge >= 0.3 is 0 Å². The average Bonchev–Trinajstić information content (AvgIpc) is 2.55. The van der Waals surface area contributed by atoms with Gasteiger partial charge in [0.1, 0.15) is 0 Å². The molecule has 1 fully saturated rings. The number of rotatable bonds is 3. The van der Waals surface area contributed by atoms with Gasteiger partial charge < -0.3 is 4.74 Å². The summed E-state index contributed by atoms with van der Waals surface area (Å²) in [4.78, 5) is 0.368. The number of aryl methyl sites for hydroxylation is 2. The lowest BCUT2D eigenvalue weighted by atomic mass is 10.0. The molecular formula is C20H25NO3S. The fourth-order valence-electron chi connectivity index (χ4n) is 3.20. The van der Waals surface area contributed by atoms with E-state index in [0.717, 1.165) is 11.1 Å². The summed E-state index contributed by atoms with van der Waals surface area (Å²) >= 11 is 0. The summed E-state index contributed by atoms with van der Waals surface area (Å²) in [5.41, 5.74) is 2.34. The molecular weight excluding hydrogens is 334 g/mol. The predicted octanol–water partition coefficient (Wildman–Crippen LogP) is 3.84. The highest BCUT2D eigenvalue weighted by molar-refractivity contribution is 7.89. The minimum atomic E-state index is -3.60. The van der Waals surface area contributed by atoms with Crippen molar-refractivity contribution in [3.05, 3.63) is 65.2 Å². The van der Waals surface area contributed by atoms with Gasteiger partial charge in [-0.15, -0.1) is 0 Å². The predicted molar refractivity (Wildman–Crippen MR) is 99.0 cm³/mol. The summed E-state index contributed by atoms with van der Waals surface area (Å²) in [5.74, 6) is 0. The topological polar surface area (TPSA) is 46.6 Å². The number of benzene rings is 2. The summed E-state index contributed by atoms with van der Waals surface area (Å²) < 4.78 is 34.2. The van der Waals surface area contributed by atoms with Gasteiger partial charge in [0.05, 0.1) is 23.1 Å². The SMILES string of the molecule is Cc1ccc(C2CN(S(=O)(=O)c3ccccc3C)C(C)(C)CO2)cc1. The summed E-state index contributed by atoms with van der Waals surface area (Å²) in [7, 11) is -3.60. The molecule has 0 bridgehead atoms. The van der Waals surface area contributed by atoms with Gasteiger partial charge in [0, 0.05) is 6.54 Å². The van der Waals surface area contributed by atoms with Crippen LogP contribution in [0.4, 0.5) is 0 Å². The van der Waals surface area contributed by atoms with Crippen LogP contribution in [0.1, 0.15) is 36.6 Å². The zero-order valence-corrected chi connectivity index (χ0v) is 16.0. The lowest BCUT2D eigenvalue weighted by Gasteiger charge is -2.44. The molecule has 1 heterocycles. The van der Waals surface area contributed by atoms with Crippen LogP contribution in [0.25, 0.3) is 0 Å². The van der Waals surface area contributed by atoms with Gasteiger partial charge in [-0.05, 0) is 44.9 Å². The fourth-order valence-corrected chi connectivity index (χ4v) is 5.20. The molecule has 5 heteroatoms. The van der Waals surface area contributed by atoms with Crippen molar-refractivity contribution < 1.29 is 13.2 Å². The van der Waals surface area contributed by atoms with Gasteiger partial charge in [-0.3, -0.25) is 0 Å². The Morgan fingerprint density at radius 1 is 1.04 bits per heavy atom. The van der Waals surface area contributed by atoms with Gasteiger partial charge in [-0.2, -0.15) is 4.31 Å². The fraction of sp³-hybridized carbons (Fsp3) is 0.400. The summed E-state index contributed by atoms with van der Waals surface area (Å²) in [6.07, 6.45) is -0.257. The quantitative estimate of drug-likeness (QED) is 0.836. The van der Waals surface area contributed by atoms with Crippen molar-refractivity contribution in [3.63, 3.8) is 0 Å². The smallest absolute Gasteiger partial charge is 0.244 e. The van der Waals surface area contributed by atoms with Crippen LogP contribution < -0.4 is 0 Å². The zero-order valence-electron chi connectivity index (χ0n) is 15.2. The third kappa shape index (κ3) is 3.50. The molecule has 1 aliphatic rings. The van der Waals surface area contributed by atoms with E-state index < -0.39 is 15.6 Å². The van der Waals surface area contributed by atoms with E-state index in [4.69, 9.17) is 4.74 Å². The third-order valence-electron chi connectivity index (χ3n) is 4.76. The molecule has 1 unspecified atom stereocenters. The Hall–Kier alpha value is -1.69. The first-order valence-corrected chi connectivity index (χ1v) is 9.92. The zero-order chi connectivity index (χ0) is 18.2. The molecule has 0 aromatic heterocycles. The van der Waals surface area contributed by atoms with Gasteiger partial charge in [0.25, 0.3) is 0 Å². The molecule has 25 heavy (non-hydrogen) atoms. The van der Waals surface area contributed by atoms with Crippen LogP contribution in [0.15, 0.2) is 53.4 Å². The minimum Gasteiger partial charge on any atom is -0.370 e. The molecule has 0 amide bonds.